The maximum atomic E-state index is 13.2. The van der Waals surface area contributed by atoms with E-state index in [1.54, 1.807) is 10.5 Å². The lowest BCUT2D eigenvalue weighted by Gasteiger charge is -2.50. The molecule has 4 aliphatic rings. The summed E-state index contributed by atoms with van der Waals surface area (Å²) in [5.41, 5.74) is 7.38. The highest BCUT2D eigenvalue weighted by Gasteiger charge is 2.47. The van der Waals surface area contributed by atoms with Gasteiger partial charge in [0.15, 0.2) is 0 Å². The molecule has 0 spiro atoms. The average molecular weight is 487 g/mol. The Morgan fingerprint density at radius 3 is 2.53 bits per heavy atom. The predicted molar refractivity (Wildman–Crippen MR) is 132 cm³/mol. The Hall–Kier alpha value is -2.05. The van der Waals surface area contributed by atoms with Gasteiger partial charge in [0.25, 0.3) is 10.2 Å². The van der Waals surface area contributed by atoms with Crippen LogP contribution in [0.5, 0.6) is 0 Å². The van der Waals surface area contributed by atoms with Crippen LogP contribution in [0.1, 0.15) is 51.9 Å². The van der Waals surface area contributed by atoms with E-state index in [0.29, 0.717) is 19.1 Å². The molecular weight excluding hydrogens is 452 g/mol. The fraction of sp³-hybridized carbons (Fsp3) is 0.652. The van der Waals surface area contributed by atoms with Gasteiger partial charge in [0.1, 0.15) is 11.6 Å². The summed E-state index contributed by atoms with van der Waals surface area (Å²) in [6.45, 7) is 3.46. The molecule has 34 heavy (non-hydrogen) atoms. The molecule has 5 atom stereocenters. The molecule has 0 radical (unpaired) electrons. The molecule has 0 aromatic carbocycles. The van der Waals surface area contributed by atoms with E-state index in [-0.39, 0.29) is 24.3 Å². The van der Waals surface area contributed by atoms with Crippen LogP contribution in [0.4, 0.5) is 11.6 Å². The Bertz CT molecular complexity index is 1140. The topological polar surface area (TPSA) is 115 Å². The Balaban J connectivity index is 1.24. The predicted octanol–water partition coefficient (Wildman–Crippen LogP) is 2.00. The van der Waals surface area contributed by atoms with Crippen LogP contribution >= 0.6 is 0 Å². The van der Waals surface area contributed by atoms with Crippen molar-refractivity contribution in [2.45, 2.75) is 82.2 Å². The molecule has 0 saturated carbocycles. The Kier molecular flexibility index (Phi) is 5.85. The third kappa shape index (κ3) is 4.13. The number of hydrogen-bond acceptors (Lipinski definition) is 8. The second-order valence-corrected chi connectivity index (χ2v) is 12.0. The molecule has 0 amide bonds. The fourth-order valence-electron chi connectivity index (χ4n) is 5.92. The molecule has 2 bridgehead atoms. The minimum Gasteiger partial charge on any atom is -0.367 e. The third-order valence-corrected chi connectivity index (χ3v) is 9.82. The molecule has 4 saturated heterocycles. The highest BCUT2D eigenvalue weighted by atomic mass is 32.2. The van der Waals surface area contributed by atoms with Crippen molar-refractivity contribution >= 4 is 32.7 Å². The summed E-state index contributed by atoms with van der Waals surface area (Å²) < 4.78 is 30.0. The molecule has 3 unspecified atom stereocenters. The largest absolute Gasteiger partial charge is 0.367 e. The van der Waals surface area contributed by atoms with Crippen molar-refractivity contribution in [2.24, 2.45) is 0 Å². The second-order valence-electron chi connectivity index (χ2n) is 10.2. The summed E-state index contributed by atoms with van der Waals surface area (Å²) in [7, 11) is -3.35. The first-order valence-corrected chi connectivity index (χ1v) is 14.0. The van der Waals surface area contributed by atoms with Gasteiger partial charge < -0.3 is 10.6 Å². The van der Waals surface area contributed by atoms with E-state index in [9.17, 15) is 8.42 Å². The minimum atomic E-state index is -3.35. The zero-order valence-corrected chi connectivity index (χ0v) is 20.4. The number of nitrogens with zero attached hydrogens (tertiary/aromatic N) is 4. The lowest BCUT2D eigenvalue weighted by atomic mass is 9.84. The Morgan fingerprint density at radius 1 is 1.06 bits per heavy atom. The van der Waals surface area contributed by atoms with Crippen LogP contribution in [0.3, 0.4) is 0 Å². The van der Waals surface area contributed by atoms with Gasteiger partial charge in [-0.3, -0.25) is 10.4 Å². The molecule has 2 aromatic heterocycles. The minimum absolute atomic E-state index is 0.0524. The van der Waals surface area contributed by atoms with Gasteiger partial charge in [-0.05, 0) is 57.6 Å². The summed E-state index contributed by atoms with van der Waals surface area (Å²) in [5, 5.41) is 8.15. The maximum Gasteiger partial charge on any atom is 0.282 e. The number of nitrogens with one attached hydrogen (secondary N) is 4. The number of hydrazine groups is 1. The number of hydrogen-bond donors (Lipinski definition) is 4. The standard InChI is InChI=1S/C23H34N8O2S/c1-15-11-22(29-28-15)26-21-14-20-19(7-3-8-24-20)23(27-21)25-16-12-17-5-2-6-18(13-16)31(17)34(32,33)30-9-4-10-30/h3,7-8,14-18,22,28-29H,2,4-6,9-13H2,1H3,(H2,25,26,27)/t15?,16?,17-,18+,22?. The molecule has 184 valence electrons. The van der Waals surface area contributed by atoms with Crippen molar-refractivity contribution in [1.29, 1.82) is 0 Å². The van der Waals surface area contributed by atoms with Crippen LogP contribution in [-0.4, -0.2) is 70.4 Å². The molecule has 4 fully saturated rings. The van der Waals surface area contributed by atoms with Crippen LogP contribution in [-0.2, 0) is 10.2 Å². The Labute approximate surface area is 201 Å². The summed E-state index contributed by atoms with van der Waals surface area (Å²) in [6.07, 6.45) is 8.39. The number of rotatable bonds is 6. The molecule has 10 nitrogen and oxygen atoms in total. The van der Waals surface area contributed by atoms with Crippen molar-refractivity contribution in [3.63, 3.8) is 0 Å². The van der Waals surface area contributed by atoms with Crippen molar-refractivity contribution in [3.8, 4) is 0 Å². The first kappa shape index (κ1) is 22.4. The molecule has 6 rings (SSSR count). The number of anilines is 2. The first-order valence-electron chi connectivity index (χ1n) is 12.6. The van der Waals surface area contributed by atoms with Gasteiger partial charge in [-0.15, -0.1) is 0 Å². The smallest absolute Gasteiger partial charge is 0.282 e. The van der Waals surface area contributed by atoms with Gasteiger partial charge in [0.05, 0.1) is 11.7 Å². The number of piperidine rings is 2. The summed E-state index contributed by atoms with van der Waals surface area (Å²) in [4.78, 5) is 9.50. The van der Waals surface area contributed by atoms with E-state index in [0.717, 1.165) is 67.5 Å². The van der Waals surface area contributed by atoms with E-state index in [4.69, 9.17) is 4.98 Å². The summed E-state index contributed by atoms with van der Waals surface area (Å²) in [5.74, 6) is 1.59. The van der Waals surface area contributed by atoms with Crippen molar-refractivity contribution < 1.29 is 8.42 Å². The van der Waals surface area contributed by atoms with Crippen molar-refractivity contribution in [3.05, 3.63) is 24.4 Å². The lowest BCUT2D eigenvalue weighted by molar-refractivity contribution is 0.102. The number of pyridine rings is 2. The molecule has 11 heteroatoms. The van der Waals surface area contributed by atoms with Crippen molar-refractivity contribution in [2.75, 3.05) is 23.7 Å². The average Bonchev–Trinajstić information content (AvgIpc) is 3.16. The quantitative estimate of drug-likeness (QED) is 0.490. The molecular formula is C23H34N8O2S. The van der Waals surface area contributed by atoms with Crippen molar-refractivity contribution in [1.82, 2.24) is 29.4 Å². The molecule has 2 aromatic rings. The van der Waals surface area contributed by atoms with Crippen LogP contribution in [0.15, 0.2) is 24.4 Å². The zero-order chi connectivity index (χ0) is 23.3. The Morgan fingerprint density at radius 2 is 1.85 bits per heavy atom. The third-order valence-electron chi connectivity index (χ3n) is 7.67. The van der Waals surface area contributed by atoms with E-state index in [1.165, 1.54) is 0 Å². The highest BCUT2D eigenvalue weighted by molar-refractivity contribution is 7.86. The highest BCUT2D eigenvalue weighted by Crippen LogP contribution is 2.39. The van der Waals surface area contributed by atoms with Gasteiger partial charge in [0.2, 0.25) is 0 Å². The fourth-order valence-corrected chi connectivity index (χ4v) is 8.05. The second kappa shape index (κ2) is 8.87. The van der Waals surface area contributed by atoms with Crippen LogP contribution in [0, 0.1) is 0 Å². The summed E-state index contributed by atoms with van der Waals surface area (Å²) in [6, 6.07) is 6.64. The van der Waals surface area contributed by atoms with Gasteiger partial charge in [-0.25, -0.2) is 10.4 Å². The van der Waals surface area contributed by atoms with E-state index in [1.807, 2.05) is 22.5 Å². The molecule has 6 heterocycles. The van der Waals surface area contributed by atoms with Crippen LogP contribution < -0.4 is 21.5 Å². The maximum absolute atomic E-state index is 13.2. The normalized spacial score (nSPS) is 32.4. The molecule has 0 aliphatic carbocycles. The molecule has 4 aliphatic heterocycles. The summed E-state index contributed by atoms with van der Waals surface area (Å²) >= 11 is 0. The molecule has 4 N–H and O–H groups in total. The SMILES string of the molecule is CC1CC(Nc2cc3ncccc3c(NC3C[C@H]4CCC[C@@H](C3)N4S(=O)(=O)N3CCC3)n2)NN1. The van der Waals surface area contributed by atoms with E-state index >= 15 is 0 Å². The van der Waals surface area contributed by atoms with Crippen LogP contribution in [0.2, 0.25) is 0 Å². The van der Waals surface area contributed by atoms with Gasteiger partial charge in [-0.1, -0.05) is 6.42 Å². The van der Waals surface area contributed by atoms with Gasteiger partial charge in [-0.2, -0.15) is 17.0 Å². The van der Waals surface area contributed by atoms with Gasteiger partial charge in [0, 0.05) is 54.9 Å². The van der Waals surface area contributed by atoms with Gasteiger partial charge >= 0.3 is 0 Å². The monoisotopic (exact) mass is 486 g/mol. The first-order chi connectivity index (χ1) is 16.5. The lowest BCUT2D eigenvalue weighted by Crippen LogP contribution is -2.62. The number of fused-ring (bicyclic) bond motifs is 3. The van der Waals surface area contributed by atoms with E-state index < -0.39 is 10.2 Å². The number of aromatic nitrogens is 2. The zero-order valence-electron chi connectivity index (χ0n) is 19.6. The van der Waals surface area contributed by atoms with E-state index in [2.05, 4.69) is 33.4 Å². The van der Waals surface area contributed by atoms with Crippen LogP contribution in [0.25, 0.3) is 10.9 Å².